The normalized spacial score (nSPS) is 11.6. The van der Waals surface area contributed by atoms with Crippen LogP contribution in [-0.4, -0.2) is 17.7 Å². The van der Waals surface area contributed by atoms with Gasteiger partial charge in [-0.25, -0.2) is 4.79 Å². The van der Waals surface area contributed by atoms with Crippen LogP contribution >= 0.6 is 0 Å². The SMILES string of the molecule is O=C(NC[C@H](O)c1ccccc1)Oc1ccccc1. The molecule has 0 saturated heterocycles. The lowest BCUT2D eigenvalue weighted by Gasteiger charge is -2.12. The quantitative estimate of drug-likeness (QED) is 0.884. The minimum atomic E-state index is -0.746. The van der Waals surface area contributed by atoms with Crippen molar-refractivity contribution in [3.63, 3.8) is 0 Å². The van der Waals surface area contributed by atoms with E-state index in [4.69, 9.17) is 4.74 Å². The van der Waals surface area contributed by atoms with Crippen LogP contribution in [0.1, 0.15) is 11.7 Å². The van der Waals surface area contributed by atoms with Crippen LogP contribution in [0.15, 0.2) is 60.7 Å². The van der Waals surface area contributed by atoms with E-state index >= 15 is 0 Å². The van der Waals surface area contributed by atoms with Crippen LogP contribution in [0.25, 0.3) is 0 Å². The first-order valence-corrected chi connectivity index (χ1v) is 5.99. The molecule has 2 rings (SSSR count). The first-order chi connectivity index (χ1) is 9.25. The summed E-state index contributed by atoms with van der Waals surface area (Å²) in [5.41, 5.74) is 0.752. The Labute approximate surface area is 111 Å². The number of amides is 1. The van der Waals surface area contributed by atoms with Crippen molar-refractivity contribution in [2.75, 3.05) is 6.54 Å². The van der Waals surface area contributed by atoms with Crippen LogP contribution in [-0.2, 0) is 0 Å². The zero-order valence-electron chi connectivity index (χ0n) is 10.3. The molecule has 0 aliphatic heterocycles. The van der Waals surface area contributed by atoms with E-state index in [-0.39, 0.29) is 6.54 Å². The molecule has 2 aromatic rings. The lowest BCUT2D eigenvalue weighted by Crippen LogP contribution is -2.30. The molecule has 0 spiro atoms. The Hall–Kier alpha value is -2.33. The Morgan fingerprint density at radius 3 is 2.26 bits per heavy atom. The van der Waals surface area contributed by atoms with E-state index < -0.39 is 12.2 Å². The van der Waals surface area contributed by atoms with Gasteiger partial charge in [-0.15, -0.1) is 0 Å². The Bertz CT molecular complexity index is 513. The summed E-state index contributed by atoms with van der Waals surface area (Å²) in [5, 5.41) is 12.4. The Kier molecular flexibility index (Phi) is 4.53. The van der Waals surface area contributed by atoms with Gasteiger partial charge >= 0.3 is 6.09 Å². The average molecular weight is 257 g/mol. The Morgan fingerprint density at radius 1 is 1.05 bits per heavy atom. The number of aliphatic hydroxyl groups is 1. The molecule has 19 heavy (non-hydrogen) atoms. The number of carbonyl (C=O) groups excluding carboxylic acids is 1. The summed E-state index contributed by atoms with van der Waals surface area (Å²) < 4.78 is 5.04. The molecule has 1 atom stereocenters. The minimum Gasteiger partial charge on any atom is -0.410 e. The fraction of sp³-hybridized carbons (Fsp3) is 0.133. The molecule has 0 fully saturated rings. The van der Waals surface area contributed by atoms with Crippen LogP contribution in [0.5, 0.6) is 5.75 Å². The van der Waals surface area contributed by atoms with Crippen LogP contribution in [0.4, 0.5) is 4.79 Å². The molecular weight excluding hydrogens is 242 g/mol. The van der Waals surface area contributed by atoms with Crippen molar-refractivity contribution in [3.8, 4) is 5.75 Å². The minimum absolute atomic E-state index is 0.107. The van der Waals surface area contributed by atoms with Crippen molar-refractivity contribution in [2.24, 2.45) is 0 Å². The molecular formula is C15H15NO3. The maximum atomic E-state index is 11.5. The molecule has 0 saturated carbocycles. The highest BCUT2D eigenvalue weighted by Crippen LogP contribution is 2.11. The van der Waals surface area contributed by atoms with Gasteiger partial charge in [-0.2, -0.15) is 0 Å². The monoisotopic (exact) mass is 257 g/mol. The standard InChI is InChI=1S/C15H15NO3/c17-14(12-7-3-1-4-8-12)11-16-15(18)19-13-9-5-2-6-10-13/h1-10,14,17H,11H2,(H,16,18)/t14-/m0/s1. The van der Waals surface area contributed by atoms with Gasteiger partial charge in [-0.3, -0.25) is 0 Å². The highest BCUT2D eigenvalue weighted by Gasteiger charge is 2.09. The fourth-order valence-corrected chi connectivity index (χ4v) is 1.60. The number of ether oxygens (including phenoxy) is 1. The predicted octanol–water partition coefficient (Wildman–Crippen LogP) is 2.51. The van der Waals surface area contributed by atoms with Crippen LogP contribution in [0, 0.1) is 0 Å². The van der Waals surface area contributed by atoms with Crippen molar-refractivity contribution in [1.82, 2.24) is 5.32 Å². The lowest BCUT2D eigenvalue weighted by molar-refractivity contribution is 0.161. The number of para-hydroxylation sites is 1. The van der Waals surface area contributed by atoms with Crippen molar-refractivity contribution in [3.05, 3.63) is 66.2 Å². The maximum absolute atomic E-state index is 11.5. The van der Waals surface area contributed by atoms with Gasteiger partial charge in [0, 0.05) is 0 Å². The van der Waals surface area contributed by atoms with Crippen molar-refractivity contribution in [2.45, 2.75) is 6.10 Å². The molecule has 0 radical (unpaired) electrons. The number of nitrogens with one attached hydrogen (secondary N) is 1. The summed E-state index contributed by atoms with van der Waals surface area (Å²) >= 11 is 0. The summed E-state index contributed by atoms with van der Waals surface area (Å²) in [7, 11) is 0. The van der Waals surface area contributed by atoms with E-state index in [1.807, 2.05) is 24.3 Å². The highest BCUT2D eigenvalue weighted by molar-refractivity contribution is 5.70. The van der Waals surface area contributed by atoms with Gasteiger partial charge in [0.05, 0.1) is 12.6 Å². The summed E-state index contributed by atoms with van der Waals surface area (Å²) in [4.78, 5) is 11.5. The van der Waals surface area contributed by atoms with Gasteiger partial charge < -0.3 is 15.2 Å². The summed E-state index contributed by atoms with van der Waals surface area (Å²) in [6, 6.07) is 17.9. The molecule has 4 nitrogen and oxygen atoms in total. The first-order valence-electron chi connectivity index (χ1n) is 5.99. The van der Waals surface area contributed by atoms with E-state index in [1.54, 1.807) is 36.4 Å². The van der Waals surface area contributed by atoms with Gasteiger partial charge in [0.2, 0.25) is 0 Å². The number of carbonyl (C=O) groups is 1. The predicted molar refractivity (Wildman–Crippen MR) is 71.9 cm³/mol. The topological polar surface area (TPSA) is 58.6 Å². The second-order valence-electron chi connectivity index (χ2n) is 4.01. The number of hydrogen-bond donors (Lipinski definition) is 2. The molecule has 2 aromatic carbocycles. The van der Waals surface area contributed by atoms with Crippen LogP contribution in [0.2, 0.25) is 0 Å². The van der Waals surface area contributed by atoms with Gasteiger partial charge in [0.15, 0.2) is 0 Å². The van der Waals surface area contributed by atoms with Crippen molar-refractivity contribution >= 4 is 6.09 Å². The van der Waals surface area contributed by atoms with E-state index in [0.29, 0.717) is 5.75 Å². The summed E-state index contributed by atoms with van der Waals surface area (Å²) in [5.74, 6) is 0.467. The molecule has 98 valence electrons. The third-order valence-corrected chi connectivity index (χ3v) is 2.58. The number of rotatable bonds is 4. The third-order valence-electron chi connectivity index (χ3n) is 2.58. The van der Waals surface area contributed by atoms with Gasteiger partial charge in [-0.1, -0.05) is 48.5 Å². The fourth-order valence-electron chi connectivity index (χ4n) is 1.60. The molecule has 2 N–H and O–H groups in total. The lowest BCUT2D eigenvalue weighted by atomic mass is 10.1. The Morgan fingerprint density at radius 2 is 1.63 bits per heavy atom. The molecule has 1 amide bonds. The number of aliphatic hydroxyl groups excluding tert-OH is 1. The molecule has 0 unspecified atom stereocenters. The van der Waals surface area contributed by atoms with Gasteiger partial charge in [-0.05, 0) is 17.7 Å². The smallest absolute Gasteiger partial charge is 0.410 e. The molecule has 4 heteroatoms. The summed E-state index contributed by atoms with van der Waals surface area (Å²) in [6.07, 6.45) is -1.33. The summed E-state index contributed by atoms with van der Waals surface area (Å²) in [6.45, 7) is 0.107. The highest BCUT2D eigenvalue weighted by atomic mass is 16.6. The van der Waals surface area contributed by atoms with Crippen molar-refractivity contribution < 1.29 is 14.6 Å². The second kappa shape index (κ2) is 6.56. The number of benzene rings is 2. The molecule has 0 heterocycles. The van der Waals surface area contributed by atoms with E-state index in [9.17, 15) is 9.90 Å². The second-order valence-corrected chi connectivity index (χ2v) is 4.01. The molecule has 0 aromatic heterocycles. The molecule has 0 bridgehead atoms. The number of hydrogen-bond acceptors (Lipinski definition) is 3. The van der Waals surface area contributed by atoms with E-state index in [1.165, 1.54) is 0 Å². The molecule has 0 aliphatic carbocycles. The third kappa shape index (κ3) is 4.12. The zero-order chi connectivity index (χ0) is 13.5. The largest absolute Gasteiger partial charge is 0.412 e. The average Bonchev–Trinajstić information content (AvgIpc) is 2.47. The van der Waals surface area contributed by atoms with Gasteiger partial charge in [0.1, 0.15) is 5.75 Å². The van der Waals surface area contributed by atoms with Crippen molar-refractivity contribution in [1.29, 1.82) is 0 Å². The first kappa shape index (κ1) is 13.1. The van der Waals surface area contributed by atoms with Crippen LogP contribution in [0.3, 0.4) is 0 Å². The van der Waals surface area contributed by atoms with E-state index in [0.717, 1.165) is 5.56 Å². The van der Waals surface area contributed by atoms with E-state index in [2.05, 4.69) is 5.32 Å². The van der Waals surface area contributed by atoms with Crippen LogP contribution < -0.4 is 10.1 Å². The zero-order valence-corrected chi connectivity index (χ0v) is 10.3. The van der Waals surface area contributed by atoms with Gasteiger partial charge in [0.25, 0.3) is 0 Å². The maximum Gasteiger partial charge on any atom is 0.412 e. The molecule has 0 aliphatic rings. The Balaban J connectivity index is 1.81.